The van der Waals surface area contributed by atoms with Gasteiger partial charge in [-0.15, -0.1) is 0 Å². The van der Waals surface area contributed by atoms with Gasteiger partial charge in [-0.1, -0.05) is 0 Å². The second kappa shape index (κ2) is 5.58. The highest BCUT2D eigenvalue weighted by atomic mass is 16.2. The van der Waals surface area contributed by atoms with Gasteiger partial charge in [-0.3, -0.25) is 9.69 Å². The smallest absolute Gasteiger partial charge is 0.270 e. The zero-order valence-corrected chi connectivity index (χ0v) is 12.4. The highest BCUT2D eigenvalue weighted by Crippen LogP contribution is 2.15. The first kappa shape index (κ1) is 13.6. The van der Waals surface area contributed by atoms with Gasteiger partial charge >= 0.3 is 0 Å². The number of hydrogen-bond donors (Lipinski definition) is 1. The lowest BCUT2D eigenvalue weighted by Crippen LogP contribution is -2.52. The Kier molecular flexibility index (Phi) is 3.81. The standard InChI is InChI=1S/C15H24N4O/c1-12-3-4-14(17(12)2)15(20)19-9-7-18(8-10-19)13-5-6-16-11-13/h3-4,13,16H,5-11H2,1-2H3. The Balaban J connectivity index is 1.60. The van der Waals surface area contributed by atoms with E-state index in [9.17, 15) is 4.79 Å². The van der Waals surface area contributed by atoms with Crippen LogP contribution in [0.25, 0.3) is 0 Å². The van der Waals surface area contributed by atoms with Crippen LogP contribution in [-0.4, -0.2) is 65.6 Å². The summed E-state index contributed by atoms with van der Waals surface area (Å²) in [6, 6.07) is 4.61. The SMILES string of the molecule is Cc1ccc(C(=O)N2CCN(C3CCNC3)CC2)n1C. The van der Waals surface area contributed by atoms with Gasteiger partial charge in [0.05, 0.1) is 0 Å². The molecule has 0 aliphatic carbocycles. The van der Waals surface area contributed by atoms with E-state index in [4.69, 9.17) is 0 Å². The number of nitrogens with zero attached hydrogens (tertiary/aromatic N) is 3. The van der Waals surface area contributed by atoms with Crippen LogP contribution in [0.1, 0.15) is 22.6 Å². The van der Waals surface area contributed by atoms with Crippen molar-refractivity contribution < 1.29 is 4.79 Å². The van der Waals surface area contributed by atoms with Gasteiger partial charge in [0.2, 0.25) is 0 Å². The molecule has 1 atom stereocenters. The molecule has 1 aromatic heterocycles. The molecule has 5 heteroatoms. The summed E-state index contributed by atoms with van der Waals surface area (Å²) in [5.74, 6) is 0.171. The molecule has 2 saturated heterocycles. The summed E-state index contributed by atoms with van der Waals surface area (Å²) < 4.78 is 1.98. The average Bonchev–Trinajstić information content (AvgIpc) is 3.10. The van der Waals surface area contributed by atoms with E-state index >= 15 is 0 Å². The number of nitrogens with one attached hydrogen (secondary N) is 1. The van der Waals surface area contributed by atoms with Crippen molar-refractivity contribution in [2.24, 2.45) is 7.05 Å². The molecule has 2 fully saturated rings. The van der Waals surface area contributed by atoms with E-state index in [1.165, 1.54) is 6.42 Å². The first-order valence-corrected chi connectivity index (χ1v) is 7.53. The summed E-state index contributed by atoms with van der Waals surface area (Å²) >= 11 is 0. The van der Waals surface area contributed by atoms with Gasteiger partial charge < -0.3 is 14.8 Å². The van der Waals surface area contributed by atoms with Gasteiger partial charge in [0, 0.05) is 51.5 Å². The Hall–Kier alpha value is -1.33. The summed E-state index contributed by atoms with van der Waals surface area (Å²) in [6.45, 7) is 7.96. The molecule has 1 amide bonds. The summed E-state index contributed by atoms with van der Waals surface area (Å²) in [6.07, 6.45) is 1.24. The second-order valence-corrected chi connectivity index (χ2v) is 5.89. The third kappa shape index (κ3) is 2.47. The maximum Gasteiger partial charge on any atom is 0.270 e. The fraction of sp³-hybridized carbons (Fsp3) is 0.667. The molecular formula is C15H24N4O. The van der Waals surface area contributed by atoms with Gasteiger partial charge in [-0.25, -0.2) is 0 Å². The Morgan fingerprint density at radius 2 is 2.00 bits per heavy atom. The Morgan fingerprint density at radius 3 is 2.55 bits per heavy atom. The molecule has 0 saturated carbocycles. The minimum Gasteiger partial charge on any atom is -0.344 e. The van der Waals surface area contributed by atoms with Crippen molar-refractivity contribution in [1.29, 1.82) is 0 Å². The quantitative estimate of drug-likeness (QED) is 0.853. The zero-order chi connectivity index (χ0) is 14.1. The van der Waals surface area contributed by atoms with Crippen molar-refractivity contribution in [1.82, 2.24) is 19.7 Å². The summed E-state index contributed by atoms with van der Waals surface area (Å²) in [5, 5.41) is 3.41. The van der Waals surface area contributed by atoms with Crippen LogP contribution in [-0.2, 0) is 7.05 Å². The van der Waals surface area contributed by atoms with Gasteiger partial charge in [-0.05, 0) is 32.0 Å². The normalized spacial score (nSPS) is 24.3. The van der Waals surface area contributed by atoms with Crippen LogP contribution < -0.4 is 5.32 Å². The predicted octanol–water partition coefficient (Wildman–Crippen LogP) is 0.453. The van der Waals surface area contributed by atoms with Crippen LogP contribution in [0.4, 0.5) is 0 Å². The van der Waals surface area contributed by atoms with E-state index in [0.29, 0.717) is 6.04 Å². The lowest BCUT2D eigenvalue weighted by atomic mass is 10.2. The number of carbonyl (C=O) groups excluding carboxylic acids is 1. The number of aryl methyl sites for hydroxylation is 1. The number of rotatable bonds is 2. The third-order valence-electron chi connectivity index (χ3n) is 4.74. The molecule has 0 bridgehead atoms. The number of piperazine rings is 1. The lowest BCUT2D eigenvalue weighted by Gasteiger charge is -2.37. The molecule has 1 aromatic rings. The van der Waals surface area contributed by atoms with Crippen molar-refractivity contribution in [3.8, 4) is 0 Å². The molecule has 0 aromatic carbocycles. The van der Waals surface area contributed by atoms with Crippen LogP contribution >= 0.6 is 0 Å². The van der Waals surface area contributed by atoms with E-state index in [2.05, 4.69) is 10.2 Å². The van der Waals surface area contributed by atoms with Crippen LogP contribution in [0, 0.1) is 6.92 Å². The van der Waals surface area contributed by atoms with E-state index in [-0.39, 0.29) is 5.91 Å². The van der Waals surface area contributed by atoms with Gasteiger partial charge in [0.1, 0.15) is 5.69 Å². The molecule has 2 aliphatic rings. The molecule has 3 heterocycles. The number of hydrogen-bond acceptors (Lipinski definition) is 3. The van der Waals surface area contributed by atoms with E-state index in [0.717, 1.165) is 50.7 Å². The summed E-state index contributed by atoms with van der Waals surface area (Å²) in [5.41, 5.74) is 1.93. The van der Waals surface area contributed by atoms with Crippen LogP contribution in [0.15, 0.2) is 12.1 Å². The van der Waals surface area contributed by atoms with E-state index in [1.807, 2.05) is 35.6 Å². The monoisotopic (exact) mass is 276 g/mol. The molecule has 1 unspecified atom stereocenters. The zero-order valence-electron chi connectivity index (χ0n) is 12.4. The first-order chi connectivity index (χ1) is 9.66. The van der Waals surface area contributed by atoms with E-state index in [1.54, 1.807) is 0 Å². The number of amides is 1. The maximum atomic E-state index is 12.5. The lowest BCUT2D eigenvalue weighted by molar-refractivity contribution is 0.0575. The molecular weight excluding hydrogens is 252 g/mol. The minimum absolute atomic E-state index is 0.171. The van der Waals surface area contributed by atoms with Gasteiger partial charge in [0.25, 0.3) is 5.91 Å². The topological polar surface area (TPSA) is 40.5 Å². The van der Waals surface area contributed by atoms with Crippen molar-refractivity contribution in [3.63, 3.8) is 0 Å². The fourth-order valence-electron chi connectivity index (χ4n) is 3.23. The van der Waals surface area contributed by atoms with Gasteiger partial charge in [0.15, 0.2) is 0 Å². The number of aromatic nitrogens is 1. The summed E-state index contributed by atoms with van der Waals surface area (Å²) in [4.78, 5) is 17.1. The predicted molar refractivity (Wildman–Crippen MR) is 78.9 cm³/mol. The molecule has 0 spiro atoms. The Bertz CT molecular complexity index is 482. The molecule has 20 heavy (non-hydrogen) atoms. The first-order valence-electron chi connectivity index (χ1n) is 7.53. The molecule has 2 aliphatic heterocycles. The molecule has 5 nitrogen and oxygen atoms in total. The Morgan fingerprint density at radius 1 is 1.25 bits per heavy atom. The largest absolute Gasteiger partial charge is 0.344 e. The maximum absolute atomic E-state index is 12.5. The average molecular weight is 276 g/mol. The molecule has 3 rings (SSSR count). The summed E-state index contributed by atoms with van der Waals surface area (Å²) in [7, 11) is 1.96. The van der Waals surface area contributed by atoms with Crippen LogP contribution in [0.2, 0.25) is 0 Å². The molecule has 0 radical (unpaired) electrons. The van der Waals surface area contributed by atoms with Crippen LogP contribution in [0.3, 0.4) is 0 Å². The Labute approximate surface area is 120 Å². The highest BCUT2D eigenvalue weighted by molar-refractivity contribution is 5.93. The van der Waals surface area contributed by atoms with Crippen molar-refractivity contribution in [3.05, 3.63) is 23.5 Å². The minimum atomic E-state index is 0.171. The van der Waals surface area contributed by atoms with Gasteiger partial charge in [-0.2, -0.15) is 0 Å². The van der Waals surface area contributed by atoms with Crippen molar-refractivity contribution >= 4 is 5.91 Å². The highest BCUT2D eigenvalue weighted by Gasteiger charge is 2.28. The van der Waals surface area contributed by atoms with E-state index < -0.39 is 0 Å². The van der Waals surface area contributed by atoms with Crippen molar-refractivity contribution in [2.75, 3.05) is 39.3 Å². The van der Waals surface area contributed by atoms with Crippen LogP contribution in [0.5, 0.6) is 0 Å². The second-order valence-electron chi connectivity index (χ2n) is 5.89. The molecule has 1 N–H and O–H groups in total. The number of carbonyl (C=O) groups is 1. The molecule has 110 valence electrons. The third-order valence-corrected chi connectivity index (χ3v) is 4.74. The van der Waals surface area contributed by atoms with Crippen molar-refractivity contribution in [2.45, 2.75) is 19.4 Å². The fourth-order valence-corrected chi connectivity index (χ4v) is 3.23.